The van der Waals surface area contributed by atoms with Crippen molar-refractivity contribution in [1.82, 2.24) is 15.3 Å². The van der Waals surface area contributed by atoms with E-state index >= 15 is 0 Å². The van der Waals surface area contributed by atoms with E-state index in [0.717, 1.165) is 52.4 Å². The molecule has 5 nitrogen and oxygen atoms in total. The molecule has 1 aliphatic rings. The average molecular weight is 387 g/mol. The Hall–Kier alpha value is -1.95. The van der Waals surface area contributed by atoms with Gasteiger partial charge in [-0.15, -0.1) is 11.3 Å². The summed E-state index contributed by atoms with van der Waals surface area (Å²) >= 11 is 1.51. The first-order valence-electron chi connectivity index (χ1n) is 9.86. The molecule has 0 aliphatic carbocycles. The Balaban J connectivity index is 1.55. The Morgan fingerprint density at radius 1 is 1.33 bits per heavy atom. The van der Waals surface area contributed by atoms with Crippen molar-refractivity contribution in [2.24, 2.45) is 11.8 Å². The highest BCUT2D eigenvalue weighted by Crippen LogP contribution is 2.22. The lowest BCUT2D eigenvalue weighted by molar-refractivity contribution is 0.0954. The number of nitrogens with zero attached hydrogens (tertiary/aromatic N) is 3. The lowest BCUT2D eigenvalue weighted by atomic mass is 9.99. The number of hydrogen-bond donors (Lipinski definition) is 1. The minimum Gasteiger partial charge on any atom is -0.357 e. The van der Waals surface area contributed by atoms with Gasteiger partial charge in [0.2, 0.25) is 0 Å². The van der Waals surface area contributed by atoms with E-state index < -0.39 is 0 Å². The topological polar surface area (TPSA) is 58.1 Å². The zero-order valence-corrected chi connectivity index (χ0v) is 17.6. The van der Waals surface area contributed by atoms with E-state index in [1.54, 1.807) is 0 Å². The summed E-state index contributed by atoms with van der Waals surface area (Å²) in [7, 11) is 0. The SMILES string of the molecule is Cc1nc(CC(C)C)sc1C(=O)NCc1ccc(N2CCC(C)CC2)nc1. The number of thiazole rings is 1. The molecule has 3 rings (SSSR count). The monoisotopic (exact) mass is 386 g/mol. The van der Waals surface area contributed by atoms with E-state index in [2.05, 4.69) is 53.1 Å². The first-order valence-corrected chi connectivity index (χ1v) is 10.7. The highest BCUT2D eigenvalue weighted by molar-refractivity contribution is 7.13. The lowest BCUT2D eigenvalue weighted by Crippen LogP contribution is -2.33. The molecule has 146 valence electrons. The van der Waals surface area contributed by atoms with Crippen molar-refractivity contribution in [3.05, 3.63) is 39.5 Å². The fourth-order valence-electron chi connectivity index (χ4n) is 3.31. The van der Waals surface area contributed by atoms with E-state index in [0.29, 0.717) is 12.5 Å². The highest BCUT2D eigenvalue weighted by atomic mass is 32.1. The predicted octanol–water partition coefficient (Wildman–Crippen LogP) is 4.21. The summed E-state index contributed by atoms with van der Waals surface area (Å²) in [5.41, 5.74) is 1.84. The van der Waals surface area contributed by atoms with Gasteiger partial charge in [0.1, 0.15) is 10.7 Å². The number of nitrogens with one attached hydrogen (secondary N) is 1. The Kier molecular flexibility index (Phi) is 6.47. The largest absolute Gasteiger partial charge is 0.357 e. The van der Waals surface area contributed by atoms with Gasteiger partial charge < -0.3 is 10.2 Å². The quantitative estimate of drug-likeness (QED) is 0.808. The molecule has 0 atom stereocenters. The van der Waals surface area contributed by atoms with Gasteiger partial charge in [0.15, 0.2) is 0 Å². The zero-order valence-electron chi connectivity index (χ0n) is 16.8. The smallest absolute Gasteiger partial charge is 0.263 e. The van der Waals surface area contributed by atoms with Crippen LogP contribution in [0.25, 0.3) is 0 Å². The van der Waals surface area contributed by atoms with Gasteiger partial charge in [-0.3, -0.25) is 4.79 Å². The van der Waals surface area contributed by atoms with Crippen molar-refractivity contribution in [1.29, 1.82) is 0 Å². The number of aromatic nitrogens is 2. The number of rotatable bonds is 6. The van der Waals surface area contributed by atoms with Crippen molar-refractivity contribution in [2.75, 3.05) is 18.0 Å². The molecule has 0 aromatic carbocycles. The van der Waals surface area contributed by atoms with E-state index in [9.17, 15) is 4.79 Å². The van der Waals surface area contributed by atoms with E-state index in [-0.39, 0.29) is 5.91 Å². The summed E-state index contributed by atoms with van der Waals surface area (Å²) in [6, 6.07) is 4.13. The highest BCUT2D eigenvalue weighted by Gasteiger charge is 2.18. The first kappa shape index (κ1) is 19.8. The van der Waals surface area contributed by atoms with E-state index in [1.807, 2.05) is 13.1 Å². The molecule has 0 spiro atoms. The fourth-order valence-corrected chi connectivity index (χ4v) is 4.50. The van der Waals surface area contributed by atoms with Gasteiger partial charge in [-0.1, -0.05) is 26.8 Å². The van der Waals surface area contributed by atoms with Crippen molar-refractivity contribution in [2.45, 2.75) is 53.5 Å². The van der Waals surface area contributed by atoms with Crippen LogP contribution in [0, 0.1) is 18.8 Å². The molecule has 0 unspecified atom stereocenters. The summed E-state index contributed by atoms with van der Waals surface area (Å²) < 4.78 is 0. The summed E-state index contributed by atoms with van der Waals surface area (Å²) in [5.74, 6) is 2.34. The molecule has 6 heteroatoms. The van der Waals surface area contributed by atoms with Crippen molar-refractivity contribution in [3.63, 3.8) is 0 Å². The van der Waals surface area contributed by atoms with Gasteiger partial charge in [-0.25, -0.2) is 9.97 Å². The van der Waals surface area contributed by atoms with Crippen LogP contribution in [0.1, 0.15) is 59.5 Å². The third kappa shape index (κ3) is 5.28. The number of piperidine rings is 1. The van der Waals surface area contributed by atoms with Crippen molar-refractivity contribution < 1.29 is 4.79 Å². The van der Waals surface area contributed by atoms with Crippen LogP contribution in [0.5, 0.6) is 0 Å². The Morgan fingerprint density at radius 3 is 2.70 bits per heavy atom. The normalized spacial score (nSPS) is 15.4. The molecule has 27 heavy (non-hydrogen) atoms. The molecule has 1 amide bonds. The van der Waals surface area contributed by atoms with Crippen molar-refractivity contribution >= 4 is 23.1 Å². The van der Waals surface area contributed by atoms with Crippen LogP contribution in [0.2, 0.25) is 0 Å². The van der Waals surface area contributed by atoms with Gasteiger partial charge in [-0.2, -0.15) is 0 Å². The number of carbonyl (C=O) groups is 1. The minimum atomic E-state index is -0.0471. The molecule has 2 aromatic rings. The molecular weight excluding hydrogens is 356 g/mol. The summed E-state index contributed by atoms with van der Waals surface area (Å²) in [6.07, 6.45) is 5.25. The number of hydrogen-bond acceptors (Lipinski definition) is 5. The third-order valence-corrected chi connectivity index (χ3v) is 6.18. The number of aryl methyl sites for hydroxylation is 1. The number of amides is 1. The first-order chi connectivity index (χ1) is 12.9. The van der Waals surface area contributed by atoms with Crippen LogP contribution in [0.3, 0.4) is 0 Å². The Labute approximate surface area is 166 Å². The van der Waals surface area contributed by atoms with Crippen LogP contribution in [0.15, 0.2) is 18.3 Å². The van der Waals surface area contributed by atoms with Crippen LogP contribution < -0.4 is 10.2 Å². The molecule has 1 aliphatic heterocycles. The third-order valence-electron chi connectivity index (χ3n) is 5.00. The van der Waals surface area contributed by atoms with Crippen LogP contribution >= 0.6 is 11.3 Å². The molecule has 0 bridgehead atoms. The lowest BCUT2D eigenvalue weighted by Gasteiger charge is -2.31. The summed E-state index contributed by atoms with van der Waals surface area (Å²) in [6.45, 7) is 11.2. The molecule has 3 heterocycles. The van der Waals surface area contributed by atoms with Gasteiger partial charge >= 0.3 is 0 Å². The summed E-state index contributed by atoms with van der Waals surface area (Å²) in [5, 5.41) is 4.04. The molecule has 1 saturated heterocycles. The number of carbonyl (C=O) groups excluding carboxylic acids is 1. The van der Waals surface area contributed by atoms with Crippen LogP contribution in [-0.2, 0) is 13.0 Å². The average Bonchev–Trinajstić information content (AvgIpc) is 3.00. The number of anilines is 1. The maximum absolute atomic E-state index is 12.5. The fraction of sp³-hybridized carbons (Fsp3) is 0.571. The summed E-state index contributed by atoms with van der Waals surface area (Å²) in [4.78, 5) is 24.7. The second kappa shape index (κ2) is 8.83. The van der Waals surface area contributed by atoms with Crippen LogP contribution in [0.4, 0.5) is 5.82 Å². The maximum atomic E-state index is 12.5. The zero-order chi connectivity index (χ0) is 19.4. The van der Waals surface area contributed by atoms with E-state index in [1.165, 1.54) is 24.2 Å². The van der Waals surface area contributed by atoms with E-state index in [4.69, 9.17) is 0 Å². The molecular formula is C21H30N4OS. The molecule has 1 N–H and O–H groups in total. The van der Waals surface area contributed by atoms with Gasteiger partial charge in [0.25, 0.3) is 5.91 Å². The maximum Gasteiger partial charge on any atom is 0.263 e. The van der Waals surface area contributed by atoms with Crippen LogP contribution in [-0.4, -0.2) is 29.0 Å². The Bertz CT molecular complexity index is 761. The molecule has 0 saturated carbocycles. The van der Waals surface area contributed by atoms with Gasteiger partial charge in [0.05, 0.1) is 10.7 Å². The molecule has 0 radical (unpaired) electrons. The van der Waals surface area contributed by atoms with Gasteiger partial charge in [-0.05, 0) is 43.2 Å². The number of pyridine rings is 1. The second-order valence-electron chi connectivity index (χ2n) is 8.00. The standard InChI is InChI=1S/C21H30N4OS/c1-14(2)11-19-24-16(4)20(27-19)21(26)23-13-17-5-6-18(22-12-17)25-9-7-15(3)8-10-25/h5-6,12,14-15H,7-11,13H2,1-4H3,(H,23,26). The minimum absolute atomic E-state index is 0.0471. The predicted molar refractivity (Wildman–Crippen MR) is 111 cm³/mol. The molecule has 2 aromatic heterocycles. The molecule has 1 fully saturated rings. The second-order valence-corrected chi connectivity index (χ2v) is 9.08. The van der Waals surface area contributed by atoms with Gasteiger partial charge in [0, 0.05) is 32.3 Å². The van der Waals surface area contributed by atoms with Crippen molar-refractivity contribution in [3.8, 4) is 0 Å². The Morgan fingerprint density at radius 2 is 2.07 bits per heavy atom.